The molecule has 94 valence electrons. The van der Waals surface area contributed by atoms with Crippen LogP contribution in [0.25, 0.3) is 10.9 Å². The number of hydrogen-bond donors (Lipinski definition) is 1. The third kappa shape index (κ3) is 2.43. The van der Waals surface area contributed by atoms with Gasteiger partial charge in [0.05, 0.1) is 16.7 Å². The number of anilines is 1. The van der Waals surface area contributed by atoms with Crippen LogP contribution in [0, 0.1) is 0 Å². The molecule has 0 aliphatic heterocycles. The van der Waals surface area contributed by atoms with Crippen LogP contribution in [0.4, 0.5) is 5.69 Å². The molecule has 0 fully saturated rings. The molecule has 0 spiro atoms. The van der Waals surface area contributed by atoms with Crippen molar-refractivity contribution in [3.8, 4) is 0 Å². The zero-order chi connectivity index (χ0) is 13.2. The van der Waals surface area contributed by atoms with Crippen molar-refractivity contribution in [2.75, 3.05) is 5.32 Å². The number of pyridine rings is 1. The van der Waals surface area contributed by atoms with Gasteiger partial charge < -0.3 is 5.32 Å². The molecule has 1 amide bonds. The molecule has 6 heteroatoms. The molecule has 1 N–H and O–H groups in total. The van der Waals surface area contributed by atoms with Gasteiger partial charge in [0.15, 0.2) is 0 Å². The number of benzene rings is 1. The van der Waals surface area contributed by atoms with Crippen molar-refractivity contribution in [2.45, 2.75) is 0 Å². The van der Waals surface area contributed by atoms with E-state index in [1.165, 1.54) is 11.3 Å². The van der Waals surface area contributed by atoms with Crippen LogP contribution in [0.1, 0.15) is 10.5 Å². The summed E-state index contributed by atoms with van der Waals surface area (Å²) in [5.74, 6) is -0.268. The molecule has 0 saturated carbocycles. The van der Waals surface area contributed by atoms with Crippen molar-refractivity contribution in [2.24, 2.45) is 0 Å². The third-order valence-corrected chi connectivity index (χ3v) is 3.39. The number of fused-ring (bicyclic) bond motifs is 1. The third-order valence-electron chi connectivity index (χ3n) is 2.58. The molecule has 3 aromatic rings. The molecule has 0 atom stereocenters. The maximum absolute atomic E-state index is 12.0. The Morgan fingerprint density at radius 3 is 3.00 bits per heavy atom. The van der Waals surface area contributed by atoms with Crippen LogP contribution in [0.2, 0.25) is 5.02 Å². The zero-order valence-electron chi connectivity index (χ0n) is 9.63. The number of rotatable bonds is 2. The summed E-state index contributed by atoms with van der Waals surface area (Å²) in [7, 11) is 0. The smallest absolute Gasteiger partial charge is 0.275 e. The van der Waals surface area contributed by atoms with Crippen molar-refractivity contribution in [3.05, 3.63) is 52.1 Å². The monoisotopic (exact) mass is 289 g/mol. The summed E-state index contributed by atoms with van der Waals surface area (Å²) in [4.78, 5) is 20.2. The molecule has 3 rings (SSSR count). The minimum Gasteiger partial charge on any atom is -0.319 e. The SMILES string of the molecule is O=C(Nc1cc(Cl)cc2cccnc12)c1cscn1. The molecule has 4 nitrogen and oxygen atoms in total. The van der Waals surface area contributed by atoms with Crippen molar-refractivity contribution < 1.29 is 4.79 Å². The second-order valence-electron chi connectivity index (χ2n) is 3.86. The van der Waals surface area contributed by atoms with Gasteiger partial charge in [-0.05, 0) is 18.2 Å². The number of thiazole rings is 1. The zero-order valence-corrected chi connectivity index (χ0v) is 11.2. The first-order valence-electron chi connectivity index (χ1n) is 5.48. The lowest BCUT2D eigenvalue weighted by molar-refractivity contribution is 0.102. The standard InChI is InChI=1S/C13H8ClN3OS/c14-9-4-8-2-1-3-15-12(8)10(5-9)17-13(18)11-6-19-7-16-11/h1-7H,(H,17,18). The van der Waals surface area contributed by atoms with Crippen LogP contribution in [0.5, 0.6) is 0 Å². The second kappa shape index (κ2) is 4.95. The number of halogens is 1. The summed E-state index contributed by atoms with van der Waals surface area (Å²) in [6.07, 6.45) is 1.68. The van der Waals surface area contributed by atoms with Gasteiger partial charge in [-0.3, -0.25) is 9.78 Å². The Morgan fingerprint density at radius 2 is 2.21 bits per heavy atom. The number of amides is 1. The highest BCUT2D eigenvalue weighted by Crippen LogP contribution is 2.26. The van der Waals surface area contributed by atoms with E-state index in [-0.39, 0.29) is 5.91 Å². The topological polar surface area (TPSA) is 54.9 Å². The molecule has 0 unspecified atom stereocenters. The fourth-order valence-corrected chi connectivity index (χ4v) is 2.52. The van der Waals surface area contributed by atoms with E-state index in [2.05, 4.69) is 15.3 Å². The van der Waals surface area contributed by atoms with E-state index in [0.717, 1.165) is 5.39 Å². The average Bonchev–Trinajstić information content (AvgIpc) is 2.92. The Balaban J connectivity index is 2.03. The van der Waals surface area contributed by atoms with Gasteiger partial charge >= 0.3 is 0 Å². The van der Waals surface area contributed by atoms with Gasteiger partial charge in [-0.15, -0.1) is 11.3 Å². The van der Waals surface area contributed by atoms with E-state index in [4.69, 9.17) is 11.6 Å². The summed E-state index contributed by atoms with van der Waals surface area (Å²) < 4.78 is 0. The van der Waals surface area contributed by atoms with E-state index in [9.17, 15) is 4.79 Å². The van der Waals surface area contributed by atoms with Crippen LogP contribution >= 0.6 is 22.9 Å². The van der Waals surface area contributed by atoms with Crippen LogP contribution in [0.15, 0.2) is 41.4 Å². The Kier molecular flexibility index (Phi) is 3.15. The predicted molar refractivity (Wildman–Crippen MR) is 76.8 cm³/mol. The maximum atomic E-state index is 12.0. The maximum Gasteiger partial charge on any atom is 0.275 e. The Morgan fingerprint density at radius 1 is 1.32 bits per heavy atom. The van der Waals surface area contributed by atoms with Crippen molar-refractivity contribution in [1.29, 1.82) is 0 Å². The number of aromatic nitrogens is 2. The summed E-state index contributed by atoms with van der Waals surface area (Å²) in [5.41, 5.74) is 3.29. The van der Waals surface area contributed by atoms with Crippen LogP contribution in [-0.4, -0.2) is 15.9 Å². The fraction of sp³-hybridized carbons (Fsp3) is 0. The molecular formula is C13H8ClN3OS. The number of carbonyl (C=O) groups is 1. The van der Waals surface area contributed by atoms with Gasteiger partial charge in [0.25, 0.3) is 5.91 Å². The number of hydrogen-bond acceptors (Lipinski definition) is 4. The molecule has 0 aliphatic rings. The molecule has 0 bridgehead atoms. The van der Waals surface area contributed by atoms with E-state index in [0.29, 0.717) is 21.9 Å². The van der Waals surface area contributed by atoms with Crippen molar-refractivity contribution >= 4 is 45.4 Å². The fourth-order valence-electron chi connectivity index (χ4n) is 1.76. The minimum atomic E-state index is -0.268. The van der Waals surface area contributed by atoms with Crippen molar-refractivity contribution in [3.63, 3.8) is 0 Å². The van der Waals surface area contributed by atoms with Crippen LogP contribution in [0.3, 0.4) is 0 Å². The van der Waals surface area contributed by atoms with Gasteiger partial charge in [0.1, 0.15) is 5.69 Å². The first kappa shape index (κ1) is 12.1. The van der Waals surface area contributed by atoms with E-state index >= 15 is 0 Å². The van der Waals surface area contributed by atoms with Gasteiger partial charge in [-0.25, -0.2) is 4.98 Å². The van der Waals surface area contributed by atoms with Crippen molar-refractivity contribution in [1.82, 2.24) is 9.97 Å². The quantitative estimate of drug-likeness (QED) is 0.784. The molecule has 2 heterocycles. The molecule has 0 saturated heterocycles. The highest BCUT2D eigenvalue weighted by atomic mass is 35.5. The second-order valence-corrected chi connectivity index (χ2v) is 5.01. The summed E-state index contributed by atoms with van der Waals surface area (Å²) in [6.45, 7) is 0. The first-order chi connectivity index (χ1) is 9.24. The largest absolute Gasteiger partial charge is 0.319 e. The lowest BCUT2D eigenvalue weighted by Gasteiger charge is -2.07. The molecule has 1 aromatic carbocycles. The highest BCUT2D eigenvalue weighted by Gasteiger charge is 2.11. The first-order valence-corrected chi connectivity index (χ1v) is 6.80. The minimum absolute atomic E-state index is 0.268. The number of nitrogens with one attached hydrogen (secondary N) is 1. The average molecular weight is 290 g/mol. The molecule has 0 aliphatic carbocycles. The number of nitrogens with zero attached hydrogens (tertiary/aromatic N) is 2. The van der Waals surface area contributed by atoms with Gasteiger partial charge in [0.2, 0.25) is 0 Å². The summed E-state index contributed by atoms with van der Waals surface area (Å²) in [6, 6.07) is 7.21. The molecule has 2 aromatic heterocycles. The van der Waals surface area contributed by atoms with E-state index in [1.54, 1.807) is 23.2 Å². The molecule has 0 radical (unpaired) electrons. The highest BCUT2D eigenvalue weighted by molar-refractivity contribution is 7.07. The molecular weight excluding hydrogens is 282 g/mol. The Bertz CT molecular complexity index is 743. The van der Waals surface area contributed by atoms with Gasteiger partial charge in [-0.2, -0.15) is 0 Å². The van der Waals surface area contributed by atoms with Gasteiger partial charge in [-0.1, -0.05) is 17.7 Å². The van der Waals surface area contributed by atoms with E-state index in [1.807, 2.05) is 18.2 Å². The summed E-state index contributed by atoms with van der Waals surface area (Å²) in [5, 5.41) is 5.90. The number of carbonyl (C=O) groups excluding carboxylic acids is 1. The predicted octanol–water partition coefficient (Wildman–Crippen LogP) is 3.60. The van der Waals surface area contributed by atoms with E-state index < -0.39 is 0 Å². The Labute approximate surface area is 118 Å². The van der Waals surface area contributed by atoms with Crippen LogP contribution in [-0.2, 0) is 0 Å². The molecule has 19 heavy (non-hydrogen) atoms. The summed E-state index contributed by atoms with van der Waals surface area (Å²) >= 11 is 7.41. The Hall–Kier alpha value is -1.98. The van der Waals surface area contributed by atoms with Gasteiger partial charge in [0, 0.05) is 22.0 Å². The lowest BCUT2D eigenvalue weighted by Crippen LogP contribution is -2.12. The lowest BCUT2D eigenvalue weighted by atomic mass is 10.2. The normalized spacial score (nSPS) is 10.6. The van der Waals surface area contributed by atoms with Crippen LogP contribution < -0.4 is 5.32 Å².